The lowest BCUT2D eigenvalue weighted by atomic mass is 10.1. The number of nitrogen functional groups attached to an aromatic ring is 1. The first-order valence-electron chi connectivity index (χ1n) is 5.87. The van der Waals surface area contributed by atoms with Gasteiger partial charge >= 0.3 is 0 Å². The van der Waals surface area contributed by atoms with Gasteiger partial charge < -0.3 is 15.2 Å². The Bertz CT molecular complexity index is 544. The molecule has 2 rings (SSSR count). The van der Waals surface area contributed by atoms with Crippen LogP contribution in [0.5, 0.6) is 11.6 Å². The van der Waals surface area contributed by atoms with Gasteiger partial charge in [-0.25, -0.2) is 0 Å². The molecule has 0 aliphatic rings. The Labute approximate surface area is 117 Å². The molecule has 0 atom stereocenters. The lowest BCUT2D eigenvalue weighted by molar-refractivity contribution is 0.202. The standard InChI is InChI=1S/C14H15ClN2O2/c1-18-9-8-10-2-4-11(5-3-10)19-14-12(16)6-7-13(15)17-14/h2-7H,8-9,16H2,1H3. The molecule has 4 nitrogen and oxygen atoms in total. The minimum atomic E-state index is 0.317. The second-order valence-corrected chi connectivity index (χ2v) is 4.40. The topological polar surface area (TPSA) is 57.4 Å². The summed E-state index contributed by atoms with van der Waals surface area (Å²) in [6.07, 6.45) is 0.869. The molecule has 0 saturated carbocycles. The molecule has 0 radical (unpaired) electrons. The van der Waals surface area contributed by atoms with Crippen LogP contribution < -0.4 is 10.5 Å². The molecule has 19 heavy (non-hydrogen) atoms. The van der Waals surface area contributed by atoms with Gasteiger partial charge in [-0.2, -0.15) is 4.98 Å². The van der Waals surface area contributed by atoms with Crippen LogP contribution in [0.15, 0.2) is 36.4 Å². The lowest BCUT2D eigenvalue weighted by Gasteiger charge is -2.08. The van der Waals surface area contributed by atoms with Crippen molar-refractivity contribution in [2.75, 3.05) is 19.5 Å². The zero-order valence-corrected chi connectivity index (χ0v) is 11.4. The van der Waals surface area contributed by atoms with E-state index in [0.717, 1.165) is 6.42 Å². The van der Waals surface area contributed by atoms with Crippen molar-refractivity contribution in [1.82, 2.24) is 4.98 Å². The van der Waals surface area contributed by atoms with E-state index >= 15 is 0 Å². The van der Waals surface area contributed by atoms with Crippen molar-refractivity contribution in [3.63, 3.8) is 0 Å². The van der Waals surface area contributed by atoms with Gasteiger partial charge in [0, 0.05) is 7.11 Å². The second kappa shape index (κ2) is 6.41. The Kier molecular flexibility index (Phi) is 4.60. The molecule has 5 heteroatoms. The number of hydrogen-bond donors (Lipinski definition) is 1. The highest BCUT2D eigenvalue weighted by molar-refractivity contribution is 6.29. The molecule has 1 heterocycles. The zero-order valence-electron chi connectivity index (χ0n) is 10.6. The summed E-state index contributed by atoms with van der Waals surface area (Å²) in [6, 6.07) is 11.0. The van der Waals surface area contributed by atoms with Crippen LogP contribution in [-0.4, -0.2) is 18.7 Å². The fraction of sp³-hybridized carbons (Fsp3) is 0.214. The SMILES string of the molecule is COCCc1ccc(Oc2nc(Cl)ccc2N)cc1. The maximum atomic E-state index is 5.80. The van der Waals surface area contributed by atoms with Crippen LogP contribution in [-0.2, 0) is 11.2 Å². The van der Waals surface area contributed by atoms with Crippen molar-refractivity contribution < 1.29 is 9.47 Å². The Morgan fingerprint density at radius 1 is 1.16 bits per heavy atom. The van der Waals surface area contributed by atoms with E-state index in [1.807, 2.05) is 24.3 Å². The summed E-state index contributed by atoms with van der Waals surface area (Å²) in [5.74, 6) is 0.986. The largest absolute Gasteiger partial charge is 0.437 e. The molecule has 2 aromatic rings. The average Bonchev–Trinajstić information content (AvgIpc) is 2.42. The summed E-state index contributed by atoms with van der Waals surface area (Å²) in [4.78, 5) is 4.04. The van der Waals surface area contributed by atoms with E-state index < -0.39 is 0 Å². The Hall–Kier alpha value is -1.78. The number of anilines is 1. The van der Waals surface area contributed by atoms with E-state index in [4.69, 9.17) is 26.8 Å². The second-order valence-electron chi connectivity index (χ2n) is 4.02. The Morgan fingerprint density at radius 2 is 1.89 bits per heavy atom. The third kappa shape index (κ3) is 3.84. The summed E-state index contributed by atoms with van der Waals surface area (Å²) >= 11 is 5.80. The Balaban J connectivity index is 2.08. The monoisotopic (exact) mass is 278 g/mol. The van der Waals surface area contributed by atoms with Crippen LogP contribution >= 0.6 is 11.6 Å². The minimum absolute atomic E-state index is 0.317. The Morgan fingerprint density at radius 3 is 2.58 bits per heavy atom. The van der Waals surface area contributed by atoms with Crippen molar-refractivity contribution >= 4 is 17.3 Å². The van der Waals surface area contributed by atoms with E-state index in [2.05, 4.69) is 4.98 Å². The van der Waals surface area contributed by atoms with Crippen LogP contribution in [0.4, 0.5) is 5.69 Å². The van der Waals surface area contributed by atoms with Crippen molar-refractivity contribution in [3.8, 4) is 11.6 Å². The van der Waals surface area contributed by atoms with E-state index in [1.165, 1.54) is 5.56 Å². The van der Waals surface area contributed by atoms with Gasteiger partial charge in [0.2, 0.25) is 5.88 Å². The van der Waals surface area contributed by atoms with Gasteiger partial charge in [0.05, 0.1) is 12.3 Å². The third-order valence-electron chi connectivity index (χ3n) is 2.59. The highest BCUT2D eigenvalue weighted by Gasteiger charge is 2.05. The number of halogens is 1. The summed E-state index contributed by atoms with van der Waals surface area (Å²) in [5.41, 5.74) is 7.40. The summed E-state index contributed by atoms with van der Waals surface area (Å²) in [7, 11) is 1.69. The molecule has 2 N–H and O–H groups in total. The van der Waals surface area contributed by atoms with Crippen molar-refractivity contribution in [3.05, 3.63) is 47.1 Å². The molecule has 0 spiro atoms. The van der Waals surface area contributed by atoms with Gasteiger partial charge in [-0.05, 0) is 36.2 Å². The fourth-order valence-electron chi connectivity index (χ4n) is 1.57. The molecule has 0 amide bonds. The molecule has 100 valence electrons. The molecule has 1 aromatic carbocycles. The molecule has 0 unspecified atom stereocenters. The molecule has 0 bridgehead atoms. The minimum Gasteiger partial charge on any atom is -0.437 e. The lowest BCUT2D eigenvalue weighted by Crippen LogP contribution is -1.96. The fourth-order valence-corrected chi connectivity index (χ4v) is 1.71. The molecule has 0 fully saturated rings. The first-order chi connectivity index (χ1) is 9.19. The predicted octanol–water partition coefficient (Wildman–Crippen LogP) is 3.30. The zero-order chi connectivity index (χ0) is 13.7. The van der Waals surface area contributed by atoms with E-state index in [1.54, 1.807) is 19.2 Å². The van der Waals surface area contributed by atoms with Crippen LogP contribution in [0, 0.1) is 0 Å². The van der Waals surface area contributed by atoms with E-state index in [-0.39, 0.29) is 0 Å². The number of aromatic nitrogens is 1. The molecule has 0 aliphatic heterocycles. The van der Waals surface area contributed by atoms with E-state index in [9.17, 15) is 0 Å². The third-order valence-corrected chi connectivity index (χ3v) is 2.80. The first-order valence-corrected chi connectivity index (χ1v) is 6.24. The van der Waals surface area contributed by atoms with Crippen LogP contribution in [0.2, 0.25) is 5.15 Å². The molecular weight excluding hydrogens is 264 g/mol. The predicted molar refractivity (Wildman–Crippen MR) is 75.8 cm³/mol. The highest BCUT2D eigenvalue weighted by atomic mass is 35.5. The van der Waals surface area contributed by atoms with Gasteiger partial charge in [-0.1, -0.05) is 23.7 Å². The molecule has 0 aliphatic carbocycles. The number of hydrogen-bond acceptors (Lipinski definition) is 4. The number of nitrogens with zero attached hydrogens (tertiary/aromatic N) is 1. The van der Waals surface area contributed by atoms with Crippen molar-refractivity contribution in [1.29, 1.82) is 0 Å². The quantitative estimate of drug-likeness (QED) is 0.853. The number of ether oxygens (including phenoxy) is 2. The van der Waals surface area contributed by atoms with Crippen molar-refractivity contribution in [2.24, 2.45) is 0 Å². The van der Waals surface area contributed by atoms with E-state index in [0.29, 0.717) is 29.1 Å². The summed E-state index contributed by atoms with van der Waals surface area (Å²) < 4.78 is 10.6. The van der Waals surface area contributed by atoms with Gasteiger partial charge in [-0.3, -0.25) is 0 Å². The smallest absolute Gasteiger partial charge is 0.244 e. The number of pyridine rings is 1. The van der Waals surface area contributed by atoms with Crippen LogP contribution in [0.3, 0.4) is 0 Å². The number of methoxy groups -OCH3 is 1. The van der Waals surface area contributed by atoms with Crippen LogP contribution in [0.25, 0.3) is 0 Å². The molecule has 1 aromatic heterocycles. The molecule has 0 saturated heterocycles. The number of benzene rings is 1. The highest BCUT2D eigenvalue weighted by Crippen LogP contribution is 2.26. The van der Waals surface area contributed by atoms with Crippen molar-refractivity contribution in [2.45, 2.75) is 6.42 Å². The maximum absolute atomic E-state index is 5.80. The number of nitrogens with two attached hydrogens (primary N) is 1. The van der Waals surface area contributed by atoms with Gasteiger partial charge in [0.15, 0.2) is 0 Å². The number of rotatable bonds is 5. The average molecular weight is 279 g/mol. The summed E-state index contributed by atoms with van der Waals surface area (Å²) in [6.45, 7) is 0.697. The van der Waals surface area contributed by atoms with Gasteiger partial charge in [0.1, 0.15) is 10.9 Å². The maximum Gasteiger partial charge on any atom is 0.244 e. The summed E-state index contributed by atoms with van der Waals surface area (Å²) in [5, 5.41) is 0.348. The molecular formula is C14H15ClN2O2. The first kappa shape index (κ1) is 13.6. The van der Waals surface area contributed by atoms with Gasteiger partial charge in [-0.15, -0.1) is 0 Å². The van der Waals surface area contributed by atoms with Gasteiger partial charge in [0.25, 0.3) is 0 Å². The normalized spacial score (nSPS) is 10.4. The van der Waals surface area contributed by atoms with Crippen LogP contribution in [0.1, 0.15) is 5.56 Å².